The molecule has 0 aliphatic heterocycles. The molecule has 0 aliphatic carbocycles. The third kappa shape index (κ3) is 2.45. The van der Waals surface area contributed by atoms with Crippen molar-refractivity contribution in [2.75, 3.05) is 0 Å². The second-order valence-corrected chi connectivity index (χ2v) is 5.63. The SMILES string of the molecule is C[C@@H](O)c1cccc(F)c1Sc1cccs1. The van der Waals surface area contributed by atoms with Gasteiger partial charge < -0.3 is 5.11 Å². The van der Waals surface area contributed by atoms with Gasteiger partial charge >= 0.3 is 0 Å². The van der Waals surface area contributed by atoms with Gasteiger partial charge in [0.05, 0.1) is 15.2 Å². The van der Waals surface area contributed by atoms with Crippen LogP contribution in [0.15, 0.2) is 44.8 Å². The molecule has 1 heterocycles. The molecule has 2 rings (SSSR count). The van der Waals surface area contributed by atoms with Crippen molar-refractivity contribution in [3.05, 3.63) is 47.1 Å². The summed E-state index contributed by atoms with van der Waals surface area (Å²) >= 11 is 2.92. The molecule has 0 unspecified atom stereocenters. The number of thiophene rings is 1. The van der Waals surface area contributed by atoms with Crippen LogP contribution in [0.3, 0.4) is 0 Å². The minimum Gasteiger partial charge on any atom is -0.389 e. The normalized spacial score (nSPS) is 12.7. The minimum atomic E-state index is -0.654. The molecule has 16 heavy (non-hydrogen) atoms. The number of rotatable bonds is 3. The van der Waals surface area contributed by atoms with Crippen molar-refractivity contribution >= 4 is 23.1 Å². The molecule has 0 fully saturated rings. The van der Waals surface area contributed by atoms with Gasteiger partial charge in [0, 0.05) is 0 Å². The molecule has 1 aromatic carbocycles. The maximum Gasteiger partial charge on any atom is 0.137 e. The number of hydrogen-bond donors (Lipinski definition) is 1. The fourth-order valence-corrected chi connectivity index (χ4v) is 3.31. The summed E-state index contributed by atoms with van der Waals surface area (Å²) in [6, 6.07) is 8.66. The van der Waals surface area contributed by atoms with Crippen LogP contribution in [0.4, 0.5) is 4.39 Å². The molecule has 1 aromatic heterocycles. The highest BCUT2D eigenvalue weighted by atomic mass is 32.2. The third-order valence-electron chi connectivity index (χ3n) is 2.15. The number of benzene rings is 1. The van der Waals surface area contributed by atoms with Crippen molar-refractivity contribution in [2.24, 2.45) is 0 Å². The maximum absolute atomic E-state index is 13.7. The zero-order valence-electron chi connectivity index (χ0n) is 8.68. The van der Waals surface area contributed by atoms with Crippen molar-refractivity contribution < 1.29 is 9.50 Å². The molecule has 84 valence electrons. The Balaban J connectivity index is 2.38. The lowest BCUT2D eigenvalue weighted by Gasteiger charge is -2.11. The lowest BCUT2D eigenvalue weighted by atomic mass is 10.1. The highest BCUT2D eigenvalue weighted by Crippen LogP contribution is 2.37. The van der Waals surface area contributed by atoms with Gasteiger partial charge in [-0.05, 0) is 30.0 Å². The van der Waals surface area contributed by atoms with Gasteiger partial charge in [-0.25, -0.2) is 4.39 Å². The smallest absolute Gasteiger partial charge is 0.137 e. The standard InChI is InChI=1S/C12H11FOS2/c1-8(14)9-4-2-5-10(13)12(9)16-11-6-3-7-15-11/h2-8,14H,1H3/t8-/m1/s1. The van der Waals surface area contributed by atoms with E-state index >= 15 is 0 Å². The first-order valence-corrected chi connectivity index (χ1v) is 6.56. The van der Waals surface area contributed by atoms with Gasteiger partial charge in [-0.15, -0.1) is 11.3 Å². The van der Waals surface area contributed by atoms with Gasteiger partial charge in [-0.1, -0.05) is 30.0 Å². The Morgan fingerprint density at radius 3 is 2.75 bits per heavy atom. The van der Waals surface area contributed by atoms with Crippen LogP contribution in [0.25, 0.3) is 0 Å². The van der Waals surface area contributed by atoms with E-state index in [0.717, 1.165) is 4.21 Å². The van der Waals surface area contributed by atoms with Crippen LogP contribution in [-0.4, -0.2) is 5.11 Å². The Hall–Kier alpha value is -0.840. The van der Waals surface area contributed by atoms with Crippen LogP contribution in [-0.2, 0) is 0 Å². The summed E-state index contributed by atoms with van der Waals surface area (Å²) in [6.45, 7) is 1.65. The van der Waals surface area contributed by atoms with E-state index in [2.05, 4.69) is 0 Å². The van der Waals surface area contributed by atoms with E-state index in [1.807, 2.05) is 17.5 Å². The largest absolute Gasteiger partial charge is 0.389 e. The number of aliphatic hydroxyl groups excluding tert-OH is 1. The number of halogens is 1. The Labute approximate surface area is 102 Å². The van der Waals surface area contributed by atoms with Gasteiger partial charge in [-0.3, -0.25) is 0 Å². The molecule has 0 saturated heterocycles. The fraction of sp³-hybridized carbons (Fsp3) is 0.167. The first kappa shape index (κ1) is 11.6. The van der Waals surface area contributed by atoms with E-state index in [1.165, 1.54) is 17.8 Å². The van der Waals surface area contributed by atoms with Crippen molar-refractivity contribution in [1.82, 2.24) is 0 Å². The van der Waals surface area contributed by atoms with Crippen LogP contribution < -0.4 is 0 Å². The van der Waals surface area contributed by atoms with Crippen LogP contribution in [0.2, 0.25) is 0 Å². The summed E-state index contributed by atoms with van der Waals surface area (Å²) in [5, 5.41) is 11.5. The molecule has 0 aliphatic rings. The van der Waals surface area contributed by atoms with Crippen molar-refractivity contribution in [3.63, 3.8) is 0 Å². The summed E-state index contributed by atoms with van der Waals surface area (Å²) in [4.78, 5) is 0.514. The van der Waals surface area contributed by atoms with Crippen molar-refractivity contribution in [3.8, 4) is 0 Å². The van der Waals surface area contributed by atoms with Gasteiger partial charge in [-0.2, -0.15) is 0 Å². The summed E-state index contributed by atoms with van der Waals surface area (Å²) in [6.07, 6.45) is -0.654. The molecule has 0 spiro atoms. The average Bonchev–Trinajstić information content (AvgIpc) is 2.73. The lowest BCUT2D eigenvalue weighted by Crippen LogP contribution is -1.96. The molecular formula is C12H11FOS2. The van der Waals surface area contributed by atoms with Crippen molar-refractivity contribution in [1.29, 1.82) is 0 Å². The minimum absolute atomic E-state index is 0.281. The average molecular weight is 254 g/mol. The van der Waals surface area contributed by atoms with Crippen LogP contribution >= 0.6 is 23.1 Å². The Morgan fingerprint density at radius 1 is 1.31 bits per heavy atom. The van der Waals surface area contributed by atoms with E-state index in [4.69, 9.17) is 0 Å². The highest BCUT2D eigenvalue weighted by molar-refractivity contribution is 8.01. The summed E-state index contributed by atoms with van der Waals surface area (Å²) in [7, 11) is 0. The van der Waals surface area contributed by atoms with Crippen LogP contribution in [0.1, 0.15) is 18.6 Å². The molecule has 1 N–H and O–H groups in total. The second-order valence-electron chi connectivity index (χ2n) is 3.37. The first-order valence-electron chi connectivity index (χ1n) is 4.86. The zero-order valence-corrected chi connectivity index (χ0v) is 10.3. The summed E-state index contributed by atoms with van der Waals surface area (Å²) in [5.41, 5.74) is 0.637. The predicted octanol–water partition coefficient (Wildman–Crippen LogP) is 4.09. The van der Waals surface area contributed by atoms with Crippen LogP contribution in [0, 0.1) is 5.82 Å². The van der Waals surface area contributed by atoms with Gasteiger partial charge in [0.1, 0.15) is 5.82 Å². The molecule has 4 heteroatoms. The van der Waals surface area contributed by atoms with E-state index in [0.29, 0.717) is 10.5 Å². The maximum atomic E-state index is 13.7. The number of hydrogen-bond acceptors (Lipinski definition) is 3. The molecule has 0 amide bonds. The molecule has 0 bridgehead atoms. The van der Waals surface area contributed by atoms with Crippen LogP contribution in [0.5, 0.6) is 0 Å². The Kier molecular flexibility index (Phi) is 3.63. The quantitative estimate of drug-likeness (QED) is 0.890. The van der Waals surface area contributed by atoms with Gasteiger partial charge in [0.15, 0.2) is 0 Å². The Morgan fingerprint density at radius 2 is 2.12 bits per heavy atom. The Bertz CT molecular complexity index is 466. The van der Waals surface area contributed by atoms with E-state index in [-0.39, 0.29) is 5.82 Å². The third-order valence-corrected chi connectivity index (χ3v) is 4.32. The van der Waals surface area contributed by atoms with E-state index in [1.54, 1.807) is 30.4 Å². The molecule has 0 saturated carbocycles. The molecule has 1 nitrogen and oxygen atoms in total. The molecular weight excluding hydrogens is 243 g/mol. The topological polar surface area (TPSA) is 20.2 Å². The van der Waals surface area contributed by atoms with Crippen molar-refractivity contribution in [2.45, 2.75) is 22.1 Å². The molecule has 2 aromatic rings. The predicted molar refractivity (Wildman–Crippen MR) is 65.5 cm³/mol. The first-order chi connectivity index (χ1) is 7.68. The fourth-order valence-electron chi connectivity index (χ4n) is 1.38. The summed E-state index contributed by atoms with van der Waals surface area (Å²) in [5.74, 6) is -0.281. The zero-order chi connectivity index (χ0) is 11.5. The van der Waals surface area contributed by atoms with Gasteiger partial charge in [0.2, 0.25) is 0 Å². The van der Waals surface area contributed by atoms with E-state index in [9.17, 15) is 9.50 Å². The van der Waals surface area contributed by atoms with Gasteiger partial charge in [0.25, 0.3) is 0 Å². The summed E-state index contributed by atoms with van der Waals surface area (Å²) < 4.78 is 14.7. The van der Waals surface area contributed by atoms with E-state index < -0.39 is 6.10 Å². The monoisotopic (exact) mass is 254 g/mol. The molecule has 1 atom stereocenters. The lowest BCUT2D eigenvalue weighted by molar-refractivity contribution is 0.195. The second kappa shape index (κ2) is 4.99. The highest BCUT2D eigenvalue weighted by Gasteiger charge is 2.13. The molecule has 0 radical (unpaired) electrons. The number of aliphatic hydroxyl groups is 1.